The molecule has 1 heterocycles. The first kappa shape index (κ1) is 26.5. The molecule has 0 amide bonds. The third-order valence-corrected chi connectivity index (χ3v) is 6.81. The molecule has 3 N–H and O–H groups in total. The molecule has 190 valence electrons. The van der Waals surface area contributed by atoms with Gasteiger partial charge >= 0.3 is 5.97 Å². The predicted molar refractivity (Wildman–Crippen MR) is 144 cm³/mol. The molecule has 0 aliphatic rings. The number of hydrogen-bond acceptors (Lipinski definition) is 6. The summed E-state index contributed by atoms with van der Waals surface area (Å²) in [5, 5.41) is 14.7. The van der Waals surface area contributed by atoms with Crippen molar-refractivity contribution in [3.05, 3.63) is 86.0 Å². The number of hydrogen-bond donors (Lipinski definition) is 2. The smallest absolute Gasteiger partial charge is 0.336 e. The van der Waals surface area contributed by atoms with Crippen molar-refractivity contribution < 1.29 is 24.0 Å². The summed E-state index contributed by atoms with van der Waals surface area (Å²) in [7, 11) is 0. The fourth-order valence-corrected chi connectivity index (χ4v) is 4.86. The van der Waals surface area contributed by atoms with Gasteiger partial charge in [-0.3, -0.25) is 4.79 Å². The Morgan fingerprint density at radius 1 is 1.08 bits per heavy atom. The van der Waals surface area contributed by atoms with Gasteiger partial charge in [0.2, 0.25) is 0 Å². The van der Waals surface area contributed by atoms with Crippen molar-refractivity contribution in [3.8, 4) is 28.1 Å². The Bertz CT molecular complexity index is 1490. The van der Waals surface area contributed by atoms with Gasteiger partial charge in [0.05, 0.1) is 31.9 Å². The molecule has 10 heteroatoms. The number of aromatic nitrogens is 1. The van der Waals surface area contributed by atoms with E-state index in [1.807, 2.05) is 13.8 Å². The highest BCUT2D eigenvalue weighted by Crippen LogP contribution is 2.43. The molecule has 0 fully saturated rings. The minimum absolute atomic E-state index is 0.0177. The number of nitrogens with two attached hydrogens (primary N) is 1. The molecule has 0 spiro atoms. The highest BCUT2D eigenvalue weighted by molar-refractivity contribution is 6.39. The number of carboxylic acids is 1. The topological polar surface area (TPSA) is 116 Å². The number of halogens is 3. The van der Waals surface area contributed by atoms with Gasteiger partial charge in [-0.1, -0.05) is 72.0 Å². The Kier molecular flexibility index (Phi) is 7.78. The summed E-state index contributed by atoms with van der Waals surface area (Å²) in [4.78, 5) is 23.7. The van der Waals surface area contributed by atoms with Gasteiger partial charge in [0, 0.05) is 22.6 Å². The second-order valence-corrected chi connectivity index (χ2v) is 9.64. The van der Waals surface area contributed by atoms with Crippen LogP contribution in [0, 0.1) is 0 Å². The number of aldehydes is 1. The normalized spacial score (nSPS) is 11.1. The summed E-state index contributed by atoms with van der Waals surface area (Å²) < 4.78 is 11.9. The molecule has 0 atom stereocenters. The van der Waals surface area contributed by atoms with Crippen molar-refractivity contribution in [1.29, 1.82) is 0 Å². The van der Waals surface area contributed by atoms with Crippen molar-refractivity contribution in [1.82, 2.24) is 5.16 Å². The number of ether oxygens (including phenoxy) is 1. The van der Waals surface area contributed by atoms with E-state index in [-0.39, 0.29) is 51.2 Å². The van der Waals surface area contributed by atoms with Gasteiger partial charge in [-0.05, 0) is 35.9 Å². The van der Waals surface area contributed by atoms with E-state index in [0.717, 1.165) is 0 Å². The van der Waals surface area contributed by atoms with Crippen LogP contribution in [0.25, 0.3) is 22.4 Å². The lowest BCUT2D eigenvalue weighted by atomic mass is 9.95. The van der Waals surface area contributed by atoms with Gasteiger partial charge in [0.1, 0.15) is 23.8 Å². The Labute approximate surface area is 227 Å². The van der Waals surface area contributed by atoms with Gasteiger partial charge in [0.15, 0.2) is 6.29 Å². The van der Waals surface area contributed by atoms with Gasteiger partial charge in [-0.25, -0.2) is 4.79 Å². The van der Waals surface area contributed by atoms with Crippen LogP contribution in [0.2, 0.25) is 15.1 Å². The van der Waals surface area contributed by atoms with Crippen LogP contribution in [-0.2, 0) is 6.61 Å². The maximum atomic E-state index is 11.9. The zero-order valence-electron chi connectivity index (χ0n) is 19.7. The Balaban J connectivity index is 1.85. The first-order valence-electron chi connectivity index (χ1n) is 11.1. The average Bonchev–Trinajstić information content (AvgIpc) is 3.28. The fraction of sp³-hybridized carbons (Fsp3) is 0.148. The van der Waals surface area contributed by atoms with E-state index < -0.39 is 5.97 Å². The molecule has 0 aliphatic carbocycles. The lowest BCUT2D eigenvalue weighted by Crippen LogP contribution is -2.06. The van der Waals surface area contributed by atoms with Gasteiger partial charge in [-0.2, -0.15) is 0 Å². The van der Waals surface area contributed by atoms with Crippen LogP contribution in [0.4, 0.5) is 5.69 Å². The van der Waals surface area contributed by atoms with Crippen molar-refractivity contribution in [2.24, 2.45) is 0 Å². The van der Waals surface area contributed by atoms with Crippen LogP contribution in [0.5, 0.6) is 5.75 Å². The average molecular weight is 560 g/mol. The molecule has 0 radical (unpaired) electrons. The number of carboxylic acid groups (broad SMARTS) is 1. The van der Waals surface area contributed by atoms with Crippen LogP contribution >= 0.6 is 34.8 Å². The second kappa shape index (κ2) is 10.8. The van der Waals surface area contributed by atoms with E-state index in [1.54, 1.807) is 36.4 Å². The Morgan fingerprint density at radius 3 is 2.38 bits per heavy atom. The summed E-state index contributed by atoms with van der Waals surface area (Å²) in [6, 6.07) is 12.7. The largest absolute Gasteiger partial charge is 0.488 e. The monoisotopic (exact) mass is 558 g/mol. The molecule has 3 aromatic carbocycles. The second-order valence-electron chi connectivity index (χ2n) is 8.45. The van der Waals surface area contributed by atoms with E-state index in [1.165, 1.54) is 12.1 Å². The van der Waals surface area contributed by atoms with E-state index in [0.29, 0.717) is 38.9 Å². The lowest BCUT2D eigenvalue weighted by Gasteiger charge is -2.17. The first-order valence-corrected chi connectivity index (χ1v) is 12.2. The summed E-state index contributed by atoms with van der Waals surface area (Å²) >= 11 is 19.5. The molecule has 37 heavy (non-hydrogen) atoms. The van der Waals surface area contributed by atoms with Crippen LogP contribution in [0.15, 0.2) is 53.1 Å². The van der Waals surface area contributed by atoms with Gasteiger partial charge in [-0.15, -0.1) is 0 Å². The van der Waals surface area contributed by atoms with Gasteiger partial charge < -0.3 is 20.1 Å². The zero-order chi connectivity index (χ0) is 26.9. The van der Waals surface area contributed by atoms with Crippen molar-refractivity contribution in [3.63, 3.8) is 0 Å². The maximum absolute atomic E-state index is 11.9. The standard InChI is InChI=1S/C27H21Cl3N2O5/c1-13(2)26-17(25(32-37-26)23-18(28)7-4-8-19(23)29)12-36-21-10-9-20(31)24(30)22(21)14-5-3-6-15(27(34)35)16(14)11-33/h3-11,13H,12,31H2,1-2H3,(H,34,35). The van der Waals surface area contributed by atoms with E-state index in [9.17, 15) is 14.7 Å². The van der Waals surface area contributed by atoms with Crippen molar-refractivity contribution >= 4 is 52.7 Å². The molecule has 1 aromatic heterocycles. The summed E-state index contributed by atoms with van der Waals surface area (Å²) in [6.45, 7) is 3.87. The first-order chi connectivity index (χ1) is 17.6. The number of carbonyl (C=O) groups is 2. The summed E-state index contributed by atoms with van der Waals surface area (Å²) in [5.41, 5.74) is 8.19. The van der Waals surface area contributed by atoms with Crippen LogP contribution in [-0.4, -0.2) is 22.5 Å². The third kappa shape index (κ3) is 5.03. The predicted octanol–water partition coefficient (Wildman–Crippen LogP) is 7.76. The Morgan fingerprint density at radius 2 is 1.76 bits per heavy atom. The molecule has 7 nitrogen and oxygen atoms in total. The van der Waals surface area contributed by atoms with Crippen LogP contribution < -0.4 is 10.5 Å². The minimum Gasteiger partial charge on any atom is -0.488 e. The number of nitrogens with zero attached hydrogens (tertiary/aromatic N) is 1. The molecule has 0 unspecified atom stereocenters. The van der Waals surface area contributed by atoms with Crippen LogP contribution in [0.3, 0.4) is 0 Å². The number of aromatic carboxylic acids is 1. The maximum Gasteiger partial charge on any atom is 0.336 e. The Hall–Kier alpha value is -3.52. The fourth-order valence-electron chi connectivity index (χ4n) is 4.03. The van der Waals surface area contributed by atoms with Crippen molar-refractivity contribution in [2.75, 3.05) is 5.73 Å². The van der Waals surface area contributed by atoms with Crippen LogP contribution in [0.1, 0.15) is 51.8 Å². The highest BCUT2D eigenvalue weighted by Gasteiger charge is 2.25. The number of anilines is 1. The van der Waals surface area contributed by atoms with E-state index in [2.05, 4.69) is 5.16 Å². The number of carbonyl (C=O) groups excluding carboxylic acids is 1. The number of benzene rings is 3. The van der Waals surface area contributed by atoms with E-state index >= 15 is 0 Å². The molecule has 0 saturated carbocycles. The van der Waals surface area contributed by atoms with Crippen molar-refractivity contribution in [2.45, 2.75) is 26.4 Å². The quantitative estimate of drug-likeness (QED) is 0.167. The third-order valence-electron chi connectivity index (χ3n) is 5.77. The molecule has 4 rings (SSSR count). The summed E-state index contributed by atoms with van der Waals surface area (Å²) in [5.74, 6) is -0.435. The number of rotatable bonds is 8. The molecule has 4 aromatic rings. The lowest BCUT2D eigenvalue weighted by molar-refractivity contribution is 0.0694. The molecule has 0 aliphatic heterocycles. The molecular weight excluding hydrogens is 539 g/mol. The molecule has 0 saturated heterocycles. The van der Waals surface area contributed by atoms with E-state index in [4.69, 9.17) is 49.8 Å². The summed E-state index contributed by atoms with van der Waals surface area (Å²) in [6.07, 6.45) is 0.469. The number of nitrogen functional groups attached to an aromatic ring is 1. The zero-order valence-corrected chi connectivity index (χ0v) is 22.0. The highest BCUT2D eigenvalue weighted by atomic mass is 35.5. The minimum atomic E-state index is -1.25. The van der Waals surface area contributed by atoms with Gasteiger partial charge in [0.25, 0.3) is 0 Å². The molecular formula is C27H21Cl3N2O5. The molecule has 0 bridgehead atoms. The SMILES string of the molecule is CC(C)c1onc(-c2c(Cl)cccc2Cl)c1COc1ccc(N)c(Cl)c1-c1cccc(C(=O)O)c1C=O.